The third-order valence-electron chi connectivity index (χ3n) is 4.76. The minimum Gasteiger partial charge on any atom is -0.377 e. The van der Waals surface area contributed by atoms with Crippen molar-refractivity contribution in [2.24, 2.45) is 11.8 Å². The molecule has 4 nitrogen and oxygen atoms in total. The lowest BCUT2D eigenvalue weighted by molar-refractivity contribution is -0.119. The molecule has 3 aliphatic rings. The van der Waals surface area contributed by atoms with Crippen LogP contribution in [0.1, 0.15) is 32.6 Å². The Balaban J connectivity index is 1.55. The predicted molar refractivity (Wildman–Crippen MR) is 71.0 cm³/mol. The lowest BCUT2D eigenvalue weighted by Gasteiger charge is -2.40. The molecular weight excluding hydrogens is 226 g/mol. The Morgan fingerprint density at radius 2 is 2.17 bits per heavy atom. The molecule has 3 rings (SSSR count). The highest BCUT2D eigenvalue weighted by molar-refractivity contribution is 5.95. The van der Waals surface area contributed by atoms with E-state index < -0.39 is 0 Å². The lowest BCUT2D eigenvalue weighted by atomic mass is 9.73. The van der Waals surface area contributed by atoms with Gasteiger partial charge in [-0.05, 0) is 63.1 Å². The maximum Gasteiger partial charge on any atom is 0.267 e. The van der Waals surface area contributed by atoms with Gasteiger partial charge in [0.25, 0.3) is 5.91 Å². The van der Waals surface area contributed by atoms with Gasteiger partial charge < -0.3 is 16.0 Å². The molecule has 1 aliphatic carbocycles. The zero-order valence-electron chi connectivity index (χ0n) is 11.1. The molecular formula is C14H23N3O. The number of carbonyl (C=O) groups excluding carboxylic acids is 1. The Labute approximate surface area is 109 Å². The summed E-state index contributed by atoms with van der Waals surface area (Å²) in [5.41, 5.74) is 1.99. The van der Waals surface area contributed by atoms with E-state index in [4.69, 9.17) is 0 Å². The molecule has 0 spiro atoms. The van der Waals surface area contributed by atoms with Crippen LogP contribution in [0.15, 0.2) is 11.3 Å². The summed E-state index contributed by atoms with van der Waals surface area (Å²) in [7, 11) is 0. The summed E-state index contributed by atoms with van der Waals surface area (Å²) in [5, 5.41) is 9.78. The quantitative estimate of drug-likeness (QED) is 0.677. The van der Waals surface area contributed by atoms with Crippen molar-refractivity contribution in [2.45, 2.75) is 38.6 Å². The van der Waals surface area contributed by atoms with Crippen molar-refractivity contribution < 1.29 is 4.79 Å². The molecule has 1 amide bonds. The smallest absolute Gasteiger partial charge is 0.267 e. The van der Waals surface area contributed by atoms with Crippen LogP contribution in [0, 0.1) is 11.8 Å². The fraction of sp³-hybridized carbons (Fsp3) is 0.786. The average molecular weight is 249 g/mol. The van der Waals surface area contributed by atoms with Crippen molar-refractivity contribution in [1.29, 1.82) is 0 Å². The minimum absolute atomic E-state index is 0.108. The molecule has 0 bridgehead atoms. The number of fused-ring (bicyclic) bond motifs is 1. The van der Waals surface area contributed by atoms with E-state index in [2.05, 4.69) is 16.0 Å². The van der Waals surface area contributed by atoms with E-state index in [1.54, 1.807) is 0 Å². The molecule has 2 fully saturated rings. The van der Waals surface area contributed by atoms with E-state index in [1.165, 1.54) is 31.4 Å². The highest BCUT2D eigenvalue weighted by Crippen LogP contribution is 2.34. The molecule has 1 saturated heterocycles. The number of rotatable bonds is 2. The van der Waals surface area contributed by atoms with Crippen molar-refractivity contribution in [3.8, 4) is 0 Å². The van der Waals surface area contributed by atoms with E-state index >= 15 is 0 Å². The van der Waals surface area contributed by atoms with E-state index in [0.717, 1.165) is 37.0 Å². The second-order valence-corrected chi connectivity index (χ2v) is 6.01. The van der Waals surface area contributed by atoms with Gasteiger partial charge in [-0.3, -0.25) is 4.79 Å². The van der Waals surface area contributed by atoms with Crippen molar-refractivity contribution in [1.82, 2.24) is 16.0 Å². The number of hydrogen-bond acceptors (Lipinski definition) is 3. The Morgan fingerprint density at radius 1 is 1.28 bits per heavy atom. The van der Waals surface area contributed by atoms with E-state index in [-0.39, 0.29) is 5.91 Å². The van der Waals surface area contributed by atoms with E-state index in [9.17, 15) is 4.79 Å². The van der Waals surface area contributed by atoms with Gasteiger partial charge >= 0.3 is 0 Å². The molecule has 2 aliphatic heterocycles. The zero-order valence-corrected chi connectivity index (χ0v) is 11.1. The van der Waals surface area contributed by atoms with Gasteiger partial charge in [0.15, 0.2) is 0 Å². The van der Waals surface area contributed by atoms with Gasteiger partial charge in [-0.2, -0.15) is 0 Å². The van der Waals surface area contributed by atoms with Crippen molar-refractivity contribution in [3.05, 3.63) is 11.3 Å². The van der Waals surface area contributed by atoms with Crippen molar-refractivity contribution >= 4 is 5.91 Å². The van der Waals surface area contributed by atoms with Crippen molar-refractivity contribution in [3.63, 3.8) is 0 Å². The van der Waals surface area contributed by atoms with Gasteiger partial charge in [-0.25, -0.2) is 0 Å². The number of amides is 1. The largest absolute Gasteiger partial charge is 0.377 e. The molecule has 0 aromatic carbocycles. The normalized spacial score (nSPS) is 35.3. The summed E-state index contributed by atoms with van der Waals surface area (Å²) in [5.74, 6) is 1.76. The van der Waals surface area contributed by atoms with E-state index in [0.29, 0.717) is 6.04 Å². The Bertz CT molecular complexity index is 377. The van der Waals surface area contributed by atoms with Crippen LogP contribution in [-0.2, 0) is 4.79 Å². The number of piperidine rings is 1. The van der Waals surface area contributed by atoms with Crippen LogP contribution >= 0.6 is 0 Å². The minimum atomic E-state index is 0.108. The number of hydrogen-bond donors (Lipinski definition) is 3. The first-order valence-electron chi connectivity index (χ1n) is 7.19. The molecule has 0 radical (unpaired) electrons. The van der Waals surface area contributed by atoms with Gasteiger partial charge in [-0.1, -0.05) is 0 Å². The van der Waals surface area contributed by atoms with Gasteiger partial charge in [-0.15, -0.1) is 0 Å². The van der Waals surface area contributed by atoms with Crippen LogP contribution in [0.25, 0.3) is 0 Å². The standard InChI is InChI=1S/C14H23N3O/c1-9-7-16-13(9)14(18)17-12-3-2-11-8-15-5-4-10(11)6-12/h10-12,15-16H,2-8H2,1H3,(H,17,18). The number of carbonyl (C=O) groups is 1. The molecule has 100 valence electrons. The maximum atomic E-state index is 12.0. The molecule has 3 atom stereocenters. The van der Waals surface area contributed by atoms with Gasteiger partial charge in [0.05, 0.1) is 0 Å². The summed E-state index contributed by atoms with van der Waals surface area (Å²) < 4.78 is 0. The monoisotopic (exact) mass is 249 g/mol. The third kappa shape index (κ3) is 2.26. The molecule has 3 N–H and O–H groups in total. The first-order valence-corrected chi connectivity index (χ1v) is 7.19. The second kappa shape index (κ2) is 4.92. The fourth-order valence-electron chi connectivity index (χ4n) is 3.54. The molecule has 0 aromatic heterocycles. The molecule has 0 aromatic rings. The zero-order chi connectivity index (χ0) is 12.5. The van der Waals surface area contributed by atoms with Gasteiger partial charge in [0, 0.05) is 12.6 Å². The Hall–Kier alpha value is -1.03. The summed E-state index contributed by atoms with van der Waals surface area (Å²) in [4.78, 5) is 12.0. The van der Waals surface area contributed by atoms with Crippen LogP contribution in [0.3, 0.4) is 0 Å². The van der Waals surface area contributed by atoms with E-state index in [1.807, 2.05) is 6.92 Å². The molecule has 2 heterocycles. The molecule has 4 heteroatoms. The summed E-state index contributed by atoms with van der Waals surface area (Å²) >= 11 is 0. The Kier molecular flexibility index (Phi) is 3.29. The van der Waals surface area contributed by atoms with Crippen molar-refractivity contribution in [2.75, 3.05) is 19.6 Å². The first-order chi connectivity index (χ1) is 8.74. The summed E-state index contributed by atoms with van der Waals surface area (Å²) in [6.45, 7) is 5.21. The topological polar surface area (TPSA) is 53.2 Å². The Morgan fingerprint density at radius 3 is 2.89 bits per heavy atom. The van der Waals surface area contributed by atoms with Gasteiger partial charge in [0.2, 0.25) is 0 Å². The summed E-state index contributed by atoms with van der Waals surface area (Å²) in [6, 6.07) is 0.388. The third-order valence-corrected chi connectivity index (χ3v) is 4.76. The number of nitrogens with one attached hydrogen (secondary N) is 3. The van der Waals surface area contributed by atoms with Crippen LogP contribution in [0.5, 0.6) is 0 Å². The summed E-state index contributed by atoms with van der Waals surface area (Å²) in [6.07, 6.45) is 4.84. The van der Waals surface area contributed by atoms with Crippen LogP contribution in [-0.4, -0.2) is 31.6 Å². The highest BCUT2D eigenvalue weighted by atomic mass is 16.2. The maximum absolute atomic E-state index is 12.0. The lowest BCUT2D eigenvalue weighted by Crippen LogP contribution is -2.49. The SMILES string of the molecule is CC1=C(C(=O)NC2CCC3CNCCC3C2)NC1. The van der Waals surface area contributed by atoms with Crippen LogP contribution < -0.4 is 16.0 Å². The fourth-order valence-corrected chi connectivity index (χ4v) is 3.54. The first kappa shape index (κ1) is 12.0. The molecule has 1 saturated carbocycles. The van der Waals surface area contributed by atoms with Crippen LogP contribution in [0.4, 0.5) is 0 Å². The molecule has 18 heavy (non-hydrogen) atoms. The van der Waals surface area contributed by atoms with Gasteiger partial charge in [0.1, 0.15) is 5.70 Å². The second-order valence-electron chi connectivity index (χ2n) is 6.01. The highest BCUT2D eigenvalue weighted by Gasteiger charge is 2.33. The van der Waals surface area contributed by atoms with Crippen LogP contribution in [0.2, 0.25) is 0 Å². The average Bonchev–Trinajstić information content (AvgIpc) is 2.36. The molecule has 3 unspecified atom stereocenters. The predicted octanol–water partition coefficient (Wildman–Crippen LogP) is 0.758.